The Morgan fingerprint density at radius 3 is 2.34 bits per heavy atom. The summed E-state index contributed by atoms with van der Waals surface area (Å²) in [6, 6.07) is 24.2. The number of nitrogens with one attached hydrogen (secondary N) is 1. The molecular formula is C29H30N4OS. The maximum atomic E-state index is 6.12. The maximum Gasteiger partial charge on any atom is 0.174 e. The summed E-state index contributed by atoms with van der Waals surface area (Å²) in [6.45, 7) is 8.66. The minimum atomic E-state index is -0.0672. The molecule has 1 aliphatic heterocycles. The predicted octanol–water partition coefficient (Wildman–Crippen LogP) is 6.92. The Balaban J connectivity index is 1.50. The van der Waals surface area contributed by atoms with Gasteiger partial charge in [-0.05, 0) is 99.6 Å². The summed E-state index contributed by atoms with van der Waals surface area (Å²) in [7, 11) is 0. The molecule has 1 fully saturated rings. The summed E-state index contributed by atoms with van der Waals surface area (Å²) >= 11 is 5.86. The normalized spacial score (nSPS) is 17.9. The molecule has 5 rings (SSSR count). The number of anilines is 1. The van der Waals surface area contributed by atoms with Crippen molar-refractivity contribution < 1.29 is 4.74 Å². The van der Waals surface area contributed by atoms with Gasteiger partial charge in [0.25, 0.3) is 0 Å². The number of nitrogens with zero attached hydrogens (tertiary/aromatic N) is 3. The van der Waals surface area contributed by atoms with Crippen molar-refractivity contribution in [3.05, 3.63) is 108 Å². The molecule has 5 nitrogen and oxygen atoms in total. The van der Waals surface area contributed by atoms with E-state index in [0.29, 0.717) is 5.11 Å². The fourth-order valence-corrected chi connectivity index (χ4v) is 4.80. The fourth-order valence-electron chi connectivity index (χ4n) is 4.45. The molecule has 2 aromatic heterocycles. The van der Waals surface area contributed by atoms with Crippen LogP contribution in [0.15, 0.2) is 91.4 Å². The van der Waals surface area contributed by atoms with Crippen LogP contribution in [0.2, 0.25) is 0 Å². The SMILES string of the molecule is Cc1ccccc1Oc1ccc(N2C(=S)N[C@@H](c3ccccn3)[C@@H]2c2ccn(C(C)(C)C)c2)cc1. The third-order valence-corrected chi connectivity index (χ3v) is 6.68. The molecule has 3 heterocycles. The predicted molar refractivity (Wildman–Crippen MR) is 145 cm³/mol. The molecule has 0 unspecified atom stereocenters. The smallest absolute Gasteiger partial charge is 0.174 e. The Labute approximate surface area is 212 Å². The topological polar surface area (TPSA) is 42.3 Å². The highest BCUT2D eigenvalue weighted by molar-refractivity contribution is 7.80. The van der Waals surface area contributed by atoms with Crippen LogP contribution in [-0.4, -0.2) is 14.7 Å². The highest BCUT2D eigenvalue weighted by atomic mass is 32.1. The third kappa shape index (κ3) is 4.66. The zero-order valence-corrected chi connectivity index (χ0v) is 21.3. The van der Waals surface area contributed by atoms with Crippen LogP contribution in [0.5, 0.6) is 11.5 Å². The number of hydrogen-bond donors (Lipinski definition) is 1. The van der Waals surface area contributed by atoms with E-state index in [1.54, 1.807) is 0 Å². The lowest BCUT2D eigenvalue weighted by Gasteiger charge is -2.28. The van der Waals surface area contributed by atoms with Crippen LogP contribution < -0.4 is 15.0 Å². The first kappa shape index (κ1) is 23.1. The molecule has 1 saturated heterocycles. The van der Waals surface area contributed by atoms with Crippen LogP contribution in [0.1, 0.15) is 49.7 Å². The van der Waals surface area contributed by atoms with Crippen molar-refractivity contribution >= 4 is 23.0 Å². The number of ether oxygens (including phenoxy) is 1. The van der Waals surface area contributed by atoms with Crippen molar-refractivity contribution in [1.82, 2.24) is 14.9 Å². The van der Waals surface area contributed by atoms with Gasteiger partial charge in [-0.1, -0.05) is 24.3 Å². The number of aryl methyl sites for hydroxylation is 1. The van der Waals surface area contributed by atoms with Gasteiger partial charge in [-0.15, -0.1) is 0 Å². The Morgan fingerprint density at radius 2 is 1.69 bits per heavy atom. The molecule has 0 saturated carbocycles. The van der Waals surface area contributed by atoms with Gasteiger partial charge in [0.2, 0.25) is 0 Å². The number of para-hydroxylation sites is 1. The molecule has 2 aromatic carbocycles. The summed E-state index contributed by atoms with van der Waals surface area (Å²) in [6.07, 6.45) is 6.19. The van der Waals surface area contributed by atoms with Gasteiger partial charge < -0.3 is 19.5 Å². The summed E-state index contributed by atoms with van der Waals surface area (Å²) in [5.41, 5.74) is 4.24. The summed E-state index contributed by atoms with van der Waals surface area (Å²) in [5, 5.41) is 4.21. The number of pyridine rings is 1. The van der Waals surface area contributed by atoms with Crippen molar-refractivity contribution in [3.8, 4) is 11.5 Å². The first-order chi connectivity index (χ1) is 16.8. The van der Waals surface area contributed by atoms with Gasteiger partial charge in [-0.3, -0.25) is 4.98 Å². The molecule has 0 bridgehead atoms. The van der Waals surface area contributed by atoms with Gasteiger partial charge in [-0.25, -0.2) is 0 Å². The van der Waals surface area contributed by atoms with Gasteiger partial charge in [0.1, 0.15) is 11.5 Å². The number of hydrogen-bond acceptors (Lipinski definition) is 3. The minimum absolute atomic E-state index is 0.00925. The highest BCUT2D eigenvalue weighted by Crippen LogP contribution is 2.42. The van der Waals surface area contributed by atoms with Crippen molar-refractivity contribution in [3.63, 3.8) is 0 Å². The van der Waals surface area contributed by atoms with Crippen LogP contribution in [0, 0.1) is 6.92 Å². The lowest BCUT2D eigenvalue weighted by Crippen LogP contribution is -2.29. The van der Waals surface area contributed by atoms with Crippen LogP contribution in [-0.2, 0) is 5.54 Å². The second-order valence-corrected chi connectivity index (χ2v) is 10.3. The van der Waals surface area contributed by atoms with Crippen molar-refractivity contribution in [2.45, 2.75) is 45.3 Å². The molecule has 1 N–H and O–H groups in total. The van der Waals surface area contributed by atoms with E-state index in [2.05, 4.69) is 77.2 Å². The quantitative estimate of drug-likeness (QED) is 0.313. The fraction of sp³-hybridized carbons (Fsp3) is 0.241. The Kier molecular flexibility index (Phi) is 6.07. The standard InChI is InChI=1S/C29H30N4OS/c1-20-9-5-6-11-25(20)34-23-14-12-22(13-15-23)33-27(21-16-18-32(19-21)29(2,3)4)26(31-28(33)35)24-10-7-8-17-30-24/h5-19,26-27H,1-4H3,(H,31,35)/t26-,27-/m0/s1. The Bertz CT molecular complexity index is 1320. The number of benzene rings is 2. The molecule has 178 valence electrons. The molecule has 0 aliphatic carbocycles. The monoisotopic (exact) mass is 482 g/mol. The molecule has 6 heteroatoms. The second kappa shape index (κ2) is 9.19. The van der Waals surface area contributed by atoms with E-state index in [9.17, 15) is 0 Å². The van der Waals surface area contributed by atoms with Crippen molar-refractivity contribution in [1.29, 1.82) is 0 Å². The van der Waals surface area contributed by atoms with Crippen molar-refractivity contribution in [2.24, 2.45) is 0 Å². The van der Waals surface area contributed by atoms with E-state index >= 15 is 0 Å². The van der Waals surface area contributed by atoms with Crippen LogP contribution >= 0.6 is 12.2 Å². The van der Waals surface area contributed by atoms with Gasteiger partial charge in [0, 0.05) is 29.8 Å². The zero-order valence-electron chi connectivity index (χ0n) is 20.5. The molecule has 0 spiro atoms. The molecule has 0 amide bonds. The first-order valence-electron chi connectivity index (χ1n) is 11.8. The van der Waals surface area contributed by atoms with Crippen LogP contribution in [0.3, 0.4) is 0 Å². The van der Waals surface area contributed by atoms with Gasteiger partial charge in [0.15, 0.2) is 5.11 Å². The Morgan fingerprint density at radius 1 is 0.943 bits per heavy atom. The average Bonchev–Trinajstić information content (AvgIpc) is 3.47. The highest BCUT2D eigenvalue weighted by Gasteiger charge is 2.41. The van der Waals surface area contributed by atoms with E-state index < -0.39 is 0 Å². The minimum Gasteiger partial charge on any atom is -0.457 e. The van der Waals surface area contributed by atoms with Gasteiger partial charge in [-0.2, -0.15) is 0 Å². The van der Waals surface area contributed by atoms with Gasteiger partial charge in [0.05, 0.1) is 17.8 Å². The van der Waals surface area contributed by atoms with E-state index in [-0.39, 0.29) is 17.6 Å². The number of thiocarbonyl (C=S) groups is 1. The Hall–Kier alpha value is -3.64. The van der Waals surface area contributed by atoms with Crippen molar-refractivity contribution in [2.75, 3.05) is 4.90 Å². The molecule has 4 aromatic rings. The lowest BCUT2D eigenvalue weighted by atomic mass is 9.98. The first-order valence-corrected chi connectivity index (χ1v) is 12.2. The van der Waals surface area contributed by atoms with Gasteiger partial charge >= 0.3 is 0 Å². The molecule has 2 atom stereocenters. The van der Waals surface area contributed by atoms with E-state index in [4.69, 9.17) is 17.0 Å². The lowest BCUT2D eigenvalue weighted by molar-refractivity contribution is 0.397. The van der Waals surface area contributed by atoms with Crippen LogP contribution in [0.25, 0.3) is 0 Å². The number of rotatable bonds is 5. The summed E-state index contributed by atoms with van der Waals surface area (Å²) < 4.78 is 8.36. The maximum absolute atomic E-state index is 6.12. The largest absolute Gasteiger partial charge is 0.457 e. The van der Waals surface area contributed by atoms with E-state index in [1.165, 1.54) is 5.56 Å². The summed E-state index contributed by atoms with van der Waals surface area (Å²) in [5.74, 6) is 1.65. The van der Waals surface area contributed by atoms with E-state index in [0.717, 1.165) is 28.4 Å². The van der Waals surface area contributed by atoms with E-state index in [1.807, 2.05) is 61.7 Å². The average molecular weight is 483 g/mol. The number of aromatic nitrogens is 2. The zero-order chi connectivity index (χ0) is 24.6. The molecular weight excluding hydrogens is 452 g/mol. The molecule has 35 heavy (non-hydrogen) atoms. The molecule has 0 radical (unpaired) electrons. The summed E-state index contributed by atoms with van der Waals surface area (Å²) in [4.78, 5) is 6.84. The molecule has 1 aliphatic rings. The van der Waals surface area contributed by atoms with Crippen LogP contribution in [0.4, 0.5) is 5.69 Å². The third-order valence-electron chi connectivity index (χ3n) is 6.37. The second-order valence-electron chi connectivity index (χ2n) is 9.88.